The smallest absolute Gasteiger partial charge is 0.249 e. The van der Waals surface area contributed by atoms with Gasteiger partial charge in [-0.2, -0.15) is 5.10 Å². The van der Waals surface area contributed by atoms with E-state index >= 15 is 0 Å². The second kappa shape index (κ2) is 6.68. The lowest BCUT2D eigenvalue weighted by atomic mass is 10.1. The van der Waals surface area contributed by atoms with Gasteiger partial charge < -0.3 is 10.2 Å². The molecule has 3 aromatic rings. The Labute approximate surface area is 155 Å². The van der Waals surface area contributed by atoms with E-state index in [1.807, 2.05) is 25.1 Å². The molecule has 1 aliphatic heterocycles. The number of nitrogens with zero attached hydrogens (tertiary/aromatic N) is 3. The van der Waals surface area contributed by atoms with E-state index in [9.17, 15) is 14.4 Å². The van der Waals surface area contributed by atoms with Gasteiger partial charge in [-0.3, -0.25) is 19.1 Å². The number of nitrogens with one attached hydrogen (secondary N) is 1. The van der Waals surface area contributed by atoms with Gasteiger partial charge in [0.1, 0.15) is 6.54 Å². The maximum atomic E-state index is 13.2. The highest BCUT2D eigenvalue weighted by atomic mass is 16.2. The fourth-order valence-corrected chi connectivity index (χ4v) is 3.46. The molecule has 0 unspecified atom stereocenters. The summed E-state index contributed by atoms with van der Waals surface area (Å²) >= 11 is 0. The summed E-state index contributed by atoms with van der Waals surface area (Å²) < 4.78 is 1.52. The van der Waals surface area contributed by atoms with Crippen LogP contribution < -0.4 is 15.6 Å². The van der Waals surface area contributed by atoms with Gasteiger partial charge in [0.15, 0.2) is 0 Å². The van der Waals surface area contributed by atoms with Crippen LogP contribution in [-0.2, 0) is 16.1 Å². The lowest BCUT2D eigenvalue weighted by molar-refractivity contribution is -0.120. The third kappa shape index (κ3) is 3.08. The standard InChI is InChI=1S/C20H18N4O3/c1-13-10-19(26)22-15-7-3-5-9-17(15)24(13)20(27)12-23-16-8-4-2-6-14(16)18(25)11-21-23/h2-9,11,13H,10,12H2,1H3,(H,22,26)/t13-/m1/s1. The van der Waals surface area contributed by atoms with Crippen molar-refractivity contribution >= 4 is 34.1 Å². The molecule has 0 fully saturated rings. The molecule has 7 heteroatoms. The summed E-state index contributed by atoms with van der Waals surface area (Å²) in [5, 5.41) is 7.49. The van der Waals surface area contributed by atoms with Crippen molar-refractivity contribution < 1.29 is 9.59 Å². The topological polar surface area (TPSA) is 84.3 Å². The first kappa shape index (κ1) is 17.0. The van der Waals surface area contributed by atoms with Crippen LogP contribution in [0, 0.1) is 0 Å². The van der Waals surface area contributed by atoms with Gasteiger partial charge in [0, 0.05) is 17.8 Å². The lowest BCUT2D eigenvalue weighted by Crippen LogP contribution is -2.41. The van der Waals surface area contributed by atoms with E-state index in [1.165, 1.54) is 10.9 Å². The predicted octanol–water partition coefficient (Wildman–Crippen LogP) is 2.16. The summed E-state index contributed by atoms with van der Waals surface area (Å²) in [7, 11) is 0. The minimum absolute atomic E-state index is 0.0341. The molecule has 2 amide bonds. The number of fused-ring (bicyclic) bond motifs is 2. The molecule has 0 saturated carbocycles. The maximum Gasteiger partial charge on any atom is 0.249 e. The summed E-state index contributed by atoms with van der Waals surface area (Å²) in [6, 6.07) is 14.0. The highest BCUT2D eigenvalue weighted by Crippen LogP contribution is 2.31. The second-order valence-corrected chi connectivity index (χ2v) is 6.57. The van der Waals surface area contributed by atoms with Crippen molar-refractivity contribution in [3.8, 4) is 0 Å². The fourth-order valence-electron chi connectivity index (χ4n) is 3.46. The van der Waals surface area contributed by atoms with Crippen LogP contribution >= 0.6 is 0 Å². The maximum absolute atomic E-state index is 13.2. The summed E-state index contributed by atoms with van der Waals surface area (Å²) in [5.74, 6) is -0.329. The summed E-state index contributed by atoms with van der Waals surface area (Å²) in [6.07, 6.45) is 1.43. The highest BCUT2D eigenvalue weighted by molar-refractivity contribution is 6.04. The molecule has 0 saturated heterocycles. The SMILES string of the molecule is C[C@@H]1CC(=O)Nc2ccccc2N1C(=O)Cn1ncc(=O)c2ccccc21. The van der Waals surface area contributed by atoms with Crippen LogP contribution in [0.3, 0.4) is 0 Å². The summed E-state index contributed by atoms with van der Waals surface area (Å²) in [4.78, 5) is 38.9. The first-order chi connectivity index (χ1) is 13.0. The predicted molar refractivity (Wildman–Crippen MR) is 103 cm³/mol. The van der Waals surface area contributed by atoms with Gasteiger partial charge >= 0.3 is 0 Å². The molecule has 0 bridgehead atoms. The van der Waals surface area contributed by atoms with E-state index in [4.69, 9.17) is 0 Å². The summed E-state index contributed by atoms with van der Waals surface area (Å²) in [6.45, 7) is 1.81. The molecule has 27 heavy (non-hydrogen) atoms. The number of para-hydroxylation sites is 3. The van der Waals surface area contributed by atoms with E-state index < -0.39 is 0 Å². The molecule has 2 aromatic carbocycles. The van der Waals surface area contributed by atoms with Crippen LogP contribution in [-0.4, -0.2) is 27.6 Å². The Morgan fingerprint density at radius 3 is 2.74 bits per heavy atom. The third-order valence-electron chi connectivity index (χ3n) is 4.67. The molecule has 0 spiro atoms. The molecule has 1 N–H and O–H groups in total. The van der Waals surface area contributed by atoms with E-state index in [2.05, 4.69) is 10.4 Å². The minimum atomic E-state index is -0.299. The molecular weight excluding hydrogens is 344 g/mol. The second-order valence-electron chi connectivity index (χ2n) is 6.57. The number of anilines is 2. The number of benzene rings is 2. The van der Waals surface area contributed by atoms with Crippen LogP contribution in [0.1, 0.15) is 13.3 Å². The number of carbonyl (C=O) groups is 2. The van der Waals surface area contributed by atoms with E-state index in [1.54, 1.807) is 35.2 Å². The van der Waals surface area contributed by atoms with Crippen LogP contribution in [0.15, 0.2) is 59.5 Å². The average molecular weight is 362 g/mol. The number of hydrogen-bond donors (Lipinski definition) is 1. The van der Waals surface area contributed by atoms with Crippen molar-refractivity contribution in [2.45, 2.75) is 25.9 Å². The number of carbonyl (C=O) groups excluding carboxylic acids is 2. The van der Waals surface area contributed by atoms with Crippen LogP contribution in [0.5, 0.6) is 0 Å². The van der Waals surface area contributed by atoms with Gasteiger partial charge in [0.05, 0.1) is 23.1 Å². The Hall–Kier alpha value is -3.48. The zero-order chi connectivity index (χ0) is 19.0. The van der Waals surface area contributed by atoms with Crippen molar-refractivity contribution in [1.29, 1.82) is 0 Å². The molecule has 2 heterocycles. The van der Waals surface area contributed by atoms with Crippen molar-refractivity contribution in [3.63, 3.8) is 0 Å². The zero-order valence-corrected chi connectivity index (χ0v) is 14.8. The van der Waals surface area contributed by atoms with Gasteiger partial charge in [-0.25, -0.2) is 0 Å². The van der Waals surface area contributed by atoms with Gasteiger partial charge in [-0.15, -0.1) is 0 Å². The van der Waals surface area contributed by atoms with E-state index in [-0.39, 0.29) is 36.3 Å². The van der Waals surface area contributed by atoms with E-state index in [0.29, 0.717) is 22.3 Å². The molecule has 1 aromatic heterocycles. The number of hydrogen-bond acceptors (Lipinski definition) is 4. The Morgan fingerprint density at radius 2 is 1.89 bits per heavy atom. The van der Waals surface area contributed by atoms with Gasteiger partial charge in [-0.05, 0) is 31.2 Å². The quantitative estimate of drug-likeness (QED) is 0.757. The van der Waals surface area contributed by atoms with Crippen LogP contribution in [0.4, 0.5) is 11.4 Å². The molecule has 4 rings (SSSR count). The van der Waals surface area contributed by atoms with Gasteiger partial charge in [0.25, 0.3) is 0 Å². The van der Waals surface area contributed by atoms with Crippen molar-refractivity contribution in [1.82, 2.24) is 9.78 Å². The third-order valence-corrected chi connectivity index (χ3v) is 4.67. The molecule has 7 nitrogen and oxygen atoms in total. The van der Waals surface area contributed by atoms with Crippen molar-refractivity contribution in [3.05, 3.63) is 65.0 Å². The zero-order valence-electron chi connectivity index (χ0n) is 14.8. The first-order valence-corrected chi connectivity index (χ1v) is 8.70. The molecule has 0 radical (unpaired) electrons. The fraction of sp³-hybridized carbons (Fsp3) is 0.200. The highest BCUT2D eigenvalue weighted by Gasteiger charge is 2.29. The van der Waals surface area contributed by atoms with Gasteiger partial charge in [-0.1, -0.05) is 24.3 Å². The van der Waals surface area contributed by atoms with Crippen molar-refractivity contribution in [2.75, 3.05) is 10.2 Å². The Bertz CT molecular complexity index is 1110. The number of rotatable bonds is 2. The monoisotopic (exact) mass is 362 g/mol. The first-order valence-electron chi connectivity index (χ1n) is 8.70. The number of aromatic nitrogens is 2. The van der Waals surface area contributed by atoms with Crippen LogP contribution in [0.25, 0.3) is 10.9 Å². The summed E-state index contributed by atoms with van der Waals surface area (Å²) in [5.41, 5.74) is 1.69. The molecular formula is C20H18N4O3. The van der Waals surface area contributed by atoms with Gasteiger partial charge in [0.2, 0.25) is 17.2 Å². The molecule has 136 valence electrons. The van der Waals surface area contributed by atoms with Crippen LogP contribution in [0.2, 0.25) is 0 Å². The Balaban J connectivity index is 1.74. The minimum Gasteiger partial charge on any atom is -0.324 e. The Kier molecular flexibility index (Phi) is 4.19. The average Bonchev–Trinajstić information content (AvgIpc) is 2.78. The molecule has 0 aliphatic carbocycles. The Morgan fingerprint density at radius 1 is 1.15 bits per heavy atom. The van der Waals surface area contributed by atoms with Crippen molar-refractivity contribution in [2.24, 2.45) is 0 Å². The normalized spacial score (nSPS) is 16.6. The number of amides is 2. The largest absolute Gasteiger partial charge is 0.324 e. The molecule has 1 aliphatic rings. The molecule has 1 atom stereocenters. The lowest BCUT2D eigenvalue weighted by Gasteiger charge is -2.28. The van der Waals surface area contributed by atoms with E-state index in [0.717, 1.165) is 0 Å².